The van der Waals surface area contributed by atoms with Gasteiger partial charge in [-0.1, -0.05) is 48.0 Å². The molecule has 0 aliphatic carbocycles. The van der Waals surface area contributed by atoms with Gasteiger partial charge in [-0.15, -0.1) is 0 Å². The number of aromatic amines is 1. The molecule has 0 saturated carbocycles. The van der Waals surface area contributed by atoms with Crippen LogP contribution in [0.1, 0.15) is 10.5 Å². The van der Waals surface area contributed by atoms with E-state index in [4.69, 9.17) is 21.1 Å². The number of benzene rings is 2. The number of hydrogen-bond acceptors (Lipinski definition) is 3. The highest BCUT2D eigenvalue weighted by Gasteiger charge is 2.18. The first kappa shape index (κ1) is 15.2. The molecule has 0 unspecified atom stereocenters. The van der Waals surface area contributed by atoms with Gasteiger partial charge < -0.3 is 14.5 Å². The van der Waals surface area contributed by atoms with E-state index >= 15 is 0 Å². The van der Waals surface area contributed by atoms with Crippen molar-refractivity contribution in [3.05, 3.63) is 71.5 Å². The molecule has 1 aromatic heterocycles. The summed E-state index contributed by atoms with van der Waals surface area (Å²) < 4.78 is 10.5. The van der Waals surface area contributed by atoms with E-state index in [0.29, 0.717) is 11.4 Å². The van der Waals surface area contributed by atoms with Crippen molar-refractivity contribution < 1.29 is 14.3 Å². The molecule has 0 radical (unpaired) electrons. The number of methoxy groups -OCH3 is 1. The minimum Gasteiger partial charge on any atom is -0.495 e. The van der Waals surface area contributed by atoms with Crippen LogP contribution in [0.3, 0.4) is 0 Å². The summed E-state index contributed by atoms with van der Waals surface area (Å²) >= 11 is 6.16. The first-order valence-corrected chi connectivity index (χ1v) is 7.36. The zero-order valence-electron chi connectivity index (χ0n) is 12.4. The van der Waals surface area contributed by atoms with Crippen LogP contribution in [0.15, 0.2) is 60.8 Å². The van der Waals surface area contributed by atoms with Gasteiger partial charge in [-0.3, -0.25) is 0 Å². The van der Waals surface area contributed by atoms with Crippen LogP contribution in [0.4, 0.5) is 0 Å². The standard InChI is InChI=1S/C18H14ClNO3/c1-22-14-8-5-9-15(16(14)19)23-18(21)17-13(10-11-20-17)12-6-3-2-4-7-12/h2-11,20H,1H3. The number of H-pyrrole nitrogens is 1. The molecular formula is C18H14ClNO3. The van der Waals surface area contributed by atoms with Gasteiger partial charge in [0.25, 0.3) is 0 Å². The monoisotopic (exact) mass is 327 g/mol. The summed E-state index contributed by atoms with van der Waals surface area (Å²) in [5, 5.41) is 0.260. The van der Waals surface area contributed by atoms with Gasteiger partial charge in [0.2, 0.25) is 0 Å². The molecule has 4 nitrogen and oxygen atoms in total. The topological polar surface area (TPSA) is 51.3 Å². The average molecular weight is 328 g/mol. The maximum Gasteiger partial charge on any atom is 0.360 e. The number of carbonyl (C=O) groups excluding carboxylic acids is 1. The maximum atomic E-state index is 12.5. The van der Waals surface area contributed by atoms with Crippen molar-refractivity contribution in [3.63, 3.8) is 0 Å². The predicted octanol–water partition coefficient (Wildman–Crippen LogP) is 4.56. The lowest BCUT2D eigenvalue weighted by Crippen LogP contribution is -2.10. The third-order valence-corrected chi connectivity index (χ3v) is 3.76. The summed E-state index contributed by atoms with van der Waals surface area (Å²) in [6, 6.07) is 16.5. The van der Waals surface area contributed by atoms with Crippen LogP contribution in [0, 0.1) is 0 Å². The number of halogens is 1. The second-order valence-corrected chi connectivity index (χ2v) is 5.17. The summed E-state index contributed by atoms with van der Waals surface area (Å²) in [6.45, 7) is 0. The molecule has 3 aromatic rings. The molecule has 23 heavy (non-hydrogen) atoms. The zero-order chi connectivity index (χ0) is 16.2. The summed E-state index contributed by atoms with van der Waals surface area (Å²) in [5.74, 6) is 0.195. The van der Waals surface area contributed by atoms with E-state index in [1.54, 1.807) is 24.4 Å². The lowest BCUT2D eigenvalue weighted by Gasteiger charge is -2.09. The SMILES string of the molecule is COc1cccc(OC(=O)c2[nH]ccc2-c2ccccc2)c1Cl. The number of carbonyl (C=O) groups is 1. The van der Waals surface area contributed by atoms with Crippen molar-refractivity contribution in [2.24, 2.45) is 0 Å². The minimum atomic E-state index is -0.510. The Morgan fingerprint density at radius 3 is 2.48 bits per heavy atom. The van der Waals surface area contributed by atoms with E-state index in [1.165, 1.54) is 7.11 Å². The molecule has 1 heterocycles. The van der Waals surface area contributed by atoms with Crippen LogP contribution < -0.4 is 9.47 Å². The largest absolute Gasteiger partial charge is 0.495 e. The van der Waals surface area contributed by atoms with Crippen molar-refractivity contribution in [3.8, 4) is 22.6 Å². The number of hydrogen-bond donors (Lipinski definition) is 1. The normalized spacial score (nSPS) is 10.3. The fourth-order valence-corrected chi connectivity index (χ4v) is 2.52. The highest BCUT2D eigenvalue weighted by atomic mass is 35.5. The molecule has 0 fully saturated rings. The molecule has 0 spiro atoms. The van der Waals surface area contributed by atoms with E-state index in [9.17, 15) is 4.79 Å². The molecule has 2 aromatic carbocycles. The van der Waals surface area contributed by atoms with Gasteiger partial charge in [0.1, 0.15) is 16.5 Å². The predicted molar refractivity (Wildman–Crippen MR) is 89.2 cm³/mol. The van der Waals surface area contributed by atoms with Crippen LogP contribution in [0.5, 0.6) is 11.5 Å². The van der Waals surface area contributed by atoms with Crippen LogP contribution in [-0.2, 0) is 0 Å². The van der Waals surface area contributed by atoms with Crippen molar-refractivity contribution in [2.75, 3.05) is 7.11 Å². The van der Waals surface area contributed by atoms with Crippen molar-refractivity contribution in [1.29, 1.82) is 0 Å². The summed E-state index contributed by atoms with van der Waals surface area (Å²) in [6.07, 6.45) is 1.70. The van der Waals surface area contributed by atoms with Crippen molar-refractivity contribution in [1.82, 2.24) is 4.98 Å². The Labute approximate surface area is 138 Å². The Hall–Kier alpha value is -2.72. The zero-order valence-corrected chi connectivity index (χ0v) is 13.1. The van der Waals surface area contributed by atoms with E-state index in [0.717, 1.165) is 11.1 Å². The fourth-order valence-electron chi connectivity index (χ4n) is 2.27. The number of esters is 1. The fraction of sp³-hybridized carbons (Fsp3) is 0.0556. The van der Waals surface area contributed by atoms with Crippen molar-refractivity contribution in [2.45, 2.75) is 0 Å². The lowest BCUT2D eigenvalue weighted by molar-refractivity contribution is 0.0730. The van der Waals surface area contributed by atoms with Crippen molar-refractivity contribution >= 4 is 17.6 Å². The van der Waals surface area contributed by atoms with Crippen LogP contribution in [-0.4, -0.2) is 18.1 Å². The van der Waals surface area contributed by atoms with Crippen LogP contribution in [0.2, 0.25) is 5.02 Å². The average Bonchev–Trinajstić information content (AvgIpc) is 3.07. The number of ether oxygens (including phenoxy) is 2. The Morgan fingerprint density at radius 2 is 1.74 bits per heavy atom. The molecule has 1 N–H and O–H groups in total. The van der Waals surface area contributed by atoms with E-state index in [2.05, 4.69) is 4.98 Å². The van der Waals surface area contributed by atoms with Crippen LogP contribution in [0.25, 0.3) is 11.1 Å². The third kappa shape index (κ3) is 3.07. The molecule has 0 saturated heterocycles. The van der Waals surface area contributed by atoms with Gasteiger partial charge in [-0.2, -0.15) is 0 Å². The Morgan fingerprint density at radius 1 is 1.00 bits per heavy atom. The summed E-state index contributed by atoms with van der Waals surface area (Å²) in [7, 11) is 1.51. The van der Waals surface area contributed by atoms with E-state index in [-0.39, 0.29) is 10.8 Å². The number of nitrogens with one attached hydrogen (secondary N) is 1. The Bertz CT molecular complexity index is 827. The molecule has 0 amide bonds. The first-order valence-electron chi connectivity index (χ1n) is 6.98. The first-order chi connectivity index (χ1) is 11.2. The quantitative estimate of drug-likeness (QED) is 0.564. The van der Waals surface area contributed by atoms with Gasteiger partial charge in [0.05, 0.1) is 7.11 Å². The van der Waals surface area contributed by atoms with Gasteiger partial charge in [0.15, 0.2) is 5.75 Å². The molecule has 0 atom stereocenters. The number of rotatable bonds is 4. The smallest absolute Gasteiger partial charge is 0.360 e. The van der Waals surface area contributed by atoms with Gasteiger partial charge in [-0.25, -0.2) is 4.79 Å². The second-order valence-electron chi connectivity index (χ2n) is 4.79. The maximum absolute atomic E-state index is 12.5. The highest BCUT2D eigenvalue weighted by molar-refractivity contribution is 6.33. The molecular weight excluding hydrogens is 314 g/mol. The van der Waals surface area contributed by atoms with E-state index < -0.39 is 5.97 Å². The Balaban J connectivity index is 1.90. The number of aromatic nitrogens is 1. The summed E-state index contributed by atoms with van der Waals surface area (Å²) in [4.78, 5) is 15.4. The lowest BCUT2D eigenvalue weighted by atomic mass is 10.1. The minimum absolute atomic E-state index is 0.254. The highest BCUT2D eigenvalue weighted by Crippen LogP contribution is 2.34. The van der Waals surface area contributed by atoms with E-state index in [1.807, 2.05) is 36.4 Å². The molecule has 116 valence electrons. The molecule has 0 bridgehead atoms. The molecule has 0 aliphatic heterocycles. The van der Waals surface area contributed by atoms with Gasteiger partial charge >= 0.3 is 5.97 Å². The molecule has 0 aliphatic rings. The second kappa shape index (κ2) is 6.58. The molecule has 3 rings (SSSR count). The van der Waals surface area contributed by atoms with Crippen LogP contribution >= 0.6 is 11.6 Å². The summed E-state index contributed by atoms with van der Waals surface area (Å²) in [5.41, 5.74) is 2.07. The molecule has 5 heteroatoms. The van der Waals surface area contributed by atoms with Gasteiger partial charge in [0, 0.05) is 11.8 Å². The third-order valence-electron chi connectivity index (χ3n) is 3.39. The Kier molecular flexibility index (Phi) is 4.35. The van der Waals surface area contributed by atoms with Gasteiger partial charge in [-0.05, 0) is 23.8 Å².